The molecule has 0 aliphatic carbocycles. The molecule has 1 rings (SSSR count). The van der Waals surface area contributed by atoms with E-state index in [2.05, 4.69) is 31.2 Å². The van der Waals surface area contributed by atoms with Gasteiger partial charge < -0.3 is 0 Å². The first-order valence-corrected chi connectivity index (χ1v) is 3.97. The van der Waals surface area contributed by atoms with E-state index in [9.17, 15) is 0 Å². The lowest BCUT2D eigenvalue weighted by Gasteiger charge is -1.94. The molecule has 0 spiro atoms. The summed E-state index contributed by atoms with van der Waals surface area (Å²) in [5.41, 5.74) is 1.27. The molecule has 0 N–H and O–H groups in total. The van der Waals surface area contributed by atoms with E-state index in [1.165, 1.54) is 17.0 Å². The molecule has 10 heavy (non-hydrogen) atoms. The van der Waals surface area contributed by atoms with E-state index in [1.54, 1.807) is 17.2 Å². The van der Waals surface area contributed by atoms with E-state index in [4.69, 9.17) is 1.37 Å². The lowest BCUT2D eigenvalue weighted by Crippen LogP contribution is -1.69. The lowest BCUT2D eigenvalue weighted by atomic mass is 10.2. The summed E-state index contributed by atoms with van der Waals surface area (Å²) in [5, 5.41) is 1.75. The summed E-state index contributed by atoms with van der Waals surface area (Å²) in [6.45, 7) is 3.36. The molecule has 0 amide bonds. The smallest absolute Gasteiger partial charge is 0.0543 e. The van der Waals surface area contributed by atoms with Crippen molar-refractivity contribution < 1.29 is 1.37 Å². The normalized spacial score (nSPS) is 11.9. The van der Waals surface area contributed by atoms with Crippen molar-refractivity contribution in [2.24, 2.45) is 0 Å². The summed E-state index contributed by atoms with van der Waals surface area (Å²) in [6.07, 6.45) is 0. The van der Waals surface area contributed by atoms with Crippen molar-refractivity contribution in [3.63, 3.8) is 0 Å². The van der Waals surface area contributed by atoms with Gasteiger partial charge in [-0.25, -0.2) is 0 Å². The molecule has 0 heterocycles. The third-order valence-electron chi connectivity index (χ3n) is 1.23. The van der Waals surface area contributed by atoms with Gasteiger partial charge in [-0.15, -0.1) is 0 Å². The van der Waals surface area contributed by atoms with Crippen molar-refractivity contribution in [2.75, 3.05) is 0 Å². The molecule has 0 aromatic heterocycles. The molecular weight excluding hydrogens is 140 g/mol. The average Bonchev–Trinajstić information content (AvgIpc) is 2.04. The van der Waals surface area contributed by atoms with Crippen LogP contribution in [0.1, 0.15) is 6.93 Å². The Labute approximate surface area is 67.4 Å². The molecule has 0 fully saturated rings. The van der Waals surface area contributed by atoms with Crippen LogP contribution in [0, 0.1) is 6.92 Å². The van der Waals surface area contributed by atoms with Gasteiger partial charge in [-0.3, -0.25) is 0 Å². The van der Waals surface area contributed by atoms with Gasteiger partial charge in [0.05, 0.1) is 1.37 Å². The van der Waals surface area contributed by atoms with Gasteiger partial charge in [0, 0.05) is 4.90 Å². The maximum Gasteiger partial charge on any atom is 0.0543 e. The molecular formula is C9H10S. The van der Waals surface area contributed by atoms with Crippen LogP contribution in [0.2, 0.25) is 0 Å². The predicted octanol–water partition coefficient (Wildman–Crippen LogP) is 3.23. The van der Waals surface area contributed by atoms with Gasteiger partial charge >= 0.3 is 0 Å². The van der Waals surface area contributed by atoms with Crippen LogP contribution < -0.4 is 0 Å². The zero-order valence-electron chi connectivity index (χ0n) is 6.87. The van der Waals surface area contributed by atoms with Crippen LogP contribution in [-0.4, -0.2) is 0 Å². The molecule has 1 aromatic rings. The summed E-state index contributed by atoms with van der Waals surface area (Å²) < 4.78 is 6.79. The van der Waals surface area contributed by atoms with Gasteiger partial charge in [0.25, 0.3) is 0 Å². The van der Waals surface area contributed by atoms with Crippen LogP contribution in [0.15, 0.2) is 41.1 Å². The van der Waals surface area contributed by atoms with E-state index in [0.29, 0.717) is 0 Å². The molecule has 52 valence electrons. The summed E-state index contributed by atoms with van der Waals surface area (Å²) >= 11 is 1.56. The van der Waals surface area contributed by atoms with Crippen molar-refractivity contribution in [1.29, 1.82) is 0 Å². The van der Waals surface area contributed by atoms with Crippen molar-refractivity contribution in [3.05, 3.63) is 41.8 Å². The van der Waals surface area contributed by atoms with Crippen molar-refractivity contribution in [1.82, 2.24) is 0 Å². The second-order valence-corrected chi connectivity index (χ2v) is 3.05. The number of benzene rings is 1. The fourth-order valence-electron chi connectivity index (χ4n) is 0.695. The van der Waals surface area contributed by atoms with Gasteiger partial charge in [-0.2, -0.15) is 0 Å². The Morgan fingerprint density at radius 3 is 2.80 bits per heavy atom. The molecule has 0 saturated heterocycles. The second-order valence-electron chi connectivity index (χ2n) is 2.07. The molecule has 0 nitrogen and oxygen atoms in total. The summed E-state index contributed by atoms with van der Waals surface area (Å²) in [5.74, 6) is 0. The largest absolute Gasteiger partial charge is 0.0987 e. The van der Waals surface area contributed by atoms with E-state index in [-0.39, 0.29) is 0 Å². The summed E-state index contributed by atoms with van der Waals surface area (Å²) in [7, 11) is 0. The Balaban J connectivity index is 2.66. The fourth-order valence-corrected chi connectivity index (χ4v) is 1.15. The lowest BCUT2D eigenvalue weighted by molar-refractivity contribution is 1.38. The maximum absolute atomic E-state index is 6.79. The van der Waals surface area contributed by atoms with E-state index >= 15 is 0 Å². The SMILES string of the molecule is [2H]C=CSc1ccc(C)cc1. The summed E-state index contributed by atoms with van der Waals surface area (Å²) in [6, 6.07) is 8.25. The van der Waals surface area contributed by atoms with Crippen LogP contribution in [0.25, 0.3) is 0 Å². The highest BCUT2D eigenvalue weighted by atomic mass is 32.2. The molecule has 0 saturated carbocycles. The number of rotatable bonds is 2. The van der Waals surface area contributed by atoms with Crippen molar-refractivity contribution in [2.45, 2.75) is 11.8 Å². The minimum Gasteiger partial charge on any atom is -0.0987 e. The zero-order chi connectivity index (χ0) is 8.10. The highest BCUT2D eigenvalue weighted by molar-refractivity contribution is 8.02. The van der Waals surface area contributed by atoms with E-state index in [0.717, 1.165) is 0 Å². The number of thioether (sulfide) groups is 1. The van der Waals surface area contributed by atoms with Gasteiger partial charge in [0.15, 0.2) is 0 Å². The minimum absolute atomic E-state index is 1.18. The second kappa shape index (κ2) is 3.47. The summed E-state index contributed by atoms with van der Waals surface area (Å²) in [4.78, 5) is 1.18. The molecule has 0 atom stereocenters. The number of hydrogen-bond acceptors (Lipinski definition) is 1. The number of aryl methyl sites for hydroxylation is 1. The van der Waals surface area contributed by atoms with Gasteiger partial charge in [-0.1, -0.05) is 36.0 Å². The molecule has 0 unspecified atom stereocenters. The topological polar surface area (TPSA) is 0 Å². The van der Waals surface area contributed by atoms with Gasteiger partial charge in [0.2, 0.25) is 0 Å². The standard InChI is InChI=1S/C9H10S/c1-3-10-9-6-4-8(2)5-7-9/h3-7H,1H2,2H3/i1D. The Morgan fingerprint density at radius 2 is 2.20 bits per heavy atom. The molecule has 0 bridgehead atoms. The first-order valence-electron chi connectivity index (χ1n) is 3.67. The Kier molecular flexibility index (Phi) is 2.10. The minimum atomic E-state index is 1.18. The molecule has 0 aliphatic heterocycles. The molecule has 0 aliphatic rings. The number of hydrogen-bond donors (Lipinski definition) is 0. The Bertz CT molecular complexity index is 238. The highest BCUT2D eigenvalue weighted by Gasteiger charge is 1.86. The average molecular weight is 151 g/mol. The van der Waals surface area contributed by atoms with Crippen LogP contribution >= 0.6 is 11.8 Å². The van der Waals surface area contributed by atoms with E-state index in [1.807, 2.05) is 0 Å². The predicted molar refractivity (Wildman–Crippen MR) is 47.2 cm³/mol. The zero-order valence-corrected chi connectivity index (χ0v) is 6.69. The van der Waals surface area contributed by atoms with Crippen LogP contribution in [-0.2, 0) is 0 Å². The first-order chi connectivity index (χ1) is 5.33. The Morgan fingerprint density at radius 1 is 1.50 bits per heavy atom. The van der Waals surface area contributed by atoms with Crippen molar-refractivity contribution >= 4 is 11.8 Å². The van der Waals surface area contributed by atoms with Crippen LogP contribution in [0.3, 0.4) is 0 Å². The first kappa shape index (κ1) is 6.05. The van der Waals surface area contributed by atoms with E-state index < -0.39 is 0 Å². The van der Waals surface area contributed by atoms with Crippen LogP contribution in [0.4, 0.5) is 0 Å². The third kappa shape index (κ3) is 1.92. The van der Waals surface area contributed by atoms with Gasteiger partial charge in [0.1, 0.15) is 0 Å². The molecule has 1 aromatic carbocycles. The Hall–Kier alpha value is -0.690. The van der Waals surface area contributed by atoms with Crippen LogP contribution in [0.5, 0.6) is 0 Å². The monoisotopic (exact) mass is 151 g/mol. The third-order valence-corrected chi connectivity index (χ3v) is 1.91. The van der Waals surface area contributed by atoms with Crippen molar-refractivity contribution in [3.8, 4) is 0 Å². The fraction of sp³-hybridized carbons (Fsp3) is 0.111. The van der Waals surface area contributed by atoms with Gasteiger partial charge in [-0.05, 0) is 24.5 Å². The maximum atomic E-state index is 6.79. The highest BCUT2D eigenvalue weighted by Crippen LogP contribution is 2.17. The molecule has 1 heteroatoms. The quantitative estimate of drug-likeness (QED) is 0.585. The molecule has 0 radical (unpaired) electrons.